The summed E-state index contributed by atoms with van der Waals surface area (Å²) in [6.07, 6.45) is -1.78. The molecule has 0 aliphatic rings. The highest BCUT2D eigenvalue weighted by atomic mass is 16.8. The fourth-order valence-electron chi connectivity index (χ4n) is 1.84. The Morgan fingerprint density at radius 3 is 2.91 bits per heavy atom. The van der Waals surface area contributed by atoms with E-state index >= 15 is 0 Å². The number of fused-ring (bicyclic) bond motifs is 1. The second-order valence-corrected chi connectivity index (χ2v) is 4.60. The van der Waals surface area contributed by atoms with Gasteiger partial charge < -0.3 is 24.1 Å². The van der Waals surface area contributed by atoms with Gasteiger partial charge in [-0.2, -0.15) is 0 Å². The van der Waals surface area contributed by atoms with Crippen molar-refractivity contribution in [3.05, 3.63) is 30.0 Å². The maximum atomic E-state index is 11.2. The lowest BCUT2D eigenvalue weighted by Crippen LogP contribution is -2.15. The maximum absolute atomic E-state index is 11.2. The first-order valence-corrected chi connectivity index (χ1v) is 6.83. The van der Waals surface area contributed by atoms with E-state index in [1.807, 2.05) is 0 Å². The van der Waals surface area contributed by atoms with E-state index in [4.69, 9.17) is 15.0 Å². The van der Waals surface area contributed by atoms with Gasteiger partial charge in [-0.25, -0.2) is 4.79 Å². The molecule has 0 saturated carbocycles. The summed E-state index contributed by atoms with van der Waals surface area (Å²) in [5, 5.41) is 0.385. The molecule has 0 fully saturated rings. The second kappa shape index (κ2) is 7.70. The van der Waals surface area contributed by atoms with Crippen LogP contribution in [0.3, 0.4) is 0 Å². The van der Waals surface area contributed by atoms with Gasteiger partial charge in [0.25, 0.3) is 0 Å². The first kappa shape index (κ1) is 11.4. The SMILES string of the molecule is [2H]C([2H])(c1c[nH]c2cccc(OCOC(=O)OCC)c12)C([2H])([2H])N(C)C. The van der Waals surface area contributed by atoms with E-state index in [2.05, 4.69) is 9.72 Å². The van der Waals surface area contributed by atoms with Gasteiger partial charge in [-0.05, 0) is 45.1 Å². The van der Waals surface area contributed by atoms with Crippen molar-refractivity contribution in [2.45, 2.75) is 13.3 Å². The van der Waals surface area contributed by atoms with Crippen LogP contribution in [0.25, 0.3) is 10.9 Å². The molecule has 22 heavy (non-hydrogen) atoms. The molecule has 0 unspecified atom stereocenters. The monoisotopic (exact) mass is 310 g/mol. The summed E-state index contributed by atoms with van der Waals surface area (Å²) in [6, 6.07) is 5.01. The molecule has 0 saturated heterocycles. The molecule has 0 aliphatic carbocycles. The summed E-state index contributed by atoms with van der Waals surface area (Å²) in [7, 11) is 2.94. The van der Waals surface area contributed by atoms with Gasteiger partial charge in [-0.1, -0.05) is 6.07 Å². The lowest BCUT2D eigenvalue weighted by molar-refractivity contribution is 0.00740. The zero-order chi connectivity index (χ0) is 19.5. The number of H-pyrrole nitrogens is 1. The number of aromatic amines is 1. The number of rotatable bonds is 7. The van der Waals surface area contributed by atoms with Crippen molar-refractivity contribution in [3.63, 3.8) is 0 Å². The number of aryl methyl sites for hydroxylation is 1. The van der Waals surface area contributed by atoms with Gasteiger partial charge >= 0.3 is 6.16 Å². The Morgan fingerprint density at radius 2 is 2.18 bits per heavy atom. The summed E-state index contributed by atoms with van der Waals surface area (Å²) >= 11 is 0. The van der Waals surface area contributed by atoms with Gasteiger partial charge in [-0.15, -0.1) is 0 Å². The van der Waals surface area contributed by atoms with E-state index in [9.17, 15) is 4.79 Å². The molecule has 2 aromatic rings. The van der Waals surface area contributed by atoms with Crippen LogP contribution in [0.4, 0.5) is 4.79 Å². The predicted octanol–water partition coefficient (Wildman–Crippen LogP) is 2.78. The molecule has 0 radical (unpaired) electrons. The molecule has 1 N–H and O–H groups in total. The number of carbonyl (C=O) groups excluding carboxylic acids is 1. The number of benzene rings is 1. The largest absolute Gasteiger partial charge is 0.511 e. The van der Waals surface area contributed by atoms with Gasteiger partial charge in [0.1, 0.15) is 5.75 Å². The van der Waals surface area contributed by atoms with E-state index in [1.54, 1.807) is 25.1 Å². The van der Waals surface area contributed by atoms with E-state index in [1.165, 1.54) is 25.2 Å². The first-order valence-electron chi connectivity index (χ1n) is 8.83. The zero-order valence-electron chi connectivity index (χ0n) is 16.8. The van der Waals surface area contributed by atoms with Crippen LogP contribution in [0.2, 0.25) is 0 Å². The molecule has 0 atom stereocenters. The van der Waals surface area contributed by atoms with E-state index < -0.39 is 25.8 Å². The van der Waals surface area contributed by atoms with Crippen molar-refractivity contribution in [2.75, 3.05) is 34.0 Å². The van der Waals surface area contributed by atoms with Crippen LogP contribution >= 0.6 is 0 Å². The summed E-state index contributed by atoms with van der Waals surface area (Å²) in [5.74, 6) is 0.265. The lowest BCUT2D eigenvalue weighted by atomic mass is 10.1. The normalized spacial score (nSPS) is 14.9. The van der Waals surface area contributed by atoms with Crippen LogP contribution in [0.15, 0.2) is 24.4 Å². The van der Waals surface area contributed by atoms with Crippen LogP contribution in [-0.4, -0.2) is 50.0 Å². The Kier molecular flexibility index (Phi) is 3.98. The number of aromatic nitrogens is 1. The Labute approximate surface area is 135 Å². The Hall–Kier alpha value is -2.21. The fourth-order valence-corrected chi connectivity index (χ4v) is 1.84. The average Bonchev–Trinajstić information content (AvgIpc) is 3.00. The summed E-state index contributed by atoms with van der Waals surface area (Å²) in [4.78, 5) is 15.3. The minimum Gasteiger partial charge on any atom is -0.457 e. The van der Waals surface area contributed by atoms with Gasteiger partial charge in [0, 0.05) is 29.1 Å². The number of nitrogens with zero attached hydrogens (tertiary/aromatic N) is 1. The molecule has 6 nitrogen and oxygen atoms in total. The Balaban J connectivity index is 2.37. The molecule has 0 aliphatic heterocycles. The summed E-state index contributed by atoms with van der Waals surface area (Å²) in [6.45, 7) is -0.852. The smallest absolute Gasteiger partial charge is 0.457 e. The molecule has 2 rings (SSSR count). The number of nitrogens with one attached hydrogen (secondary N) is 1. The second-order valence-electron chi connectivity index (χ2n) is 4.60. The number of carbonyl (C=O) groups is 1. The van der Waals surface area contributed by atoms with Crippen molar-refractivity contribution in [1.29, 1.82) is 0 Å². The van der Waals surface area contributed by atoms with Crippen molar-refractivity contribution < 1.29 is 24.5 Å². The third kappa shape index (κ3) is 4.14. The highest BCUT2D eigenvalue weighted by molar-refractivity contribution is 5.89. The highest BCUT2D eigenvalue weighted by Gasteiger charge is 2.11. The summed E-state index contributed by atoms with van der Waals surface area (Å²) < 4.78 is 47.8. The van der Waals surface area contributed by atoms with Gasteiger partial charge in [0.05, 0.1) is 6.61 Å². The van der Waals surface area contributed by atoms with Gasteiger partial charge in [0.15, 0.2) is 0 Å². The van der Waals surface area contributed by atoms with Crippen molar-refractivity contribution in [2.24, 2.45) is 0 Å². The lowest BCUT2D eigenvalue weighted by Gasteiger charge is -2.11. The molecule has 0 amide bonds. The van der Waals surface area contributed by atoms with Crippen molar-refractivity contribution >= 4 is 17.1 Å². The molecule has 6 heteroatoms. The number of hydrogen-bond acceptors (Lipinski definition) is 5. The minimum atomic E-state index is -2.34. The molecule has 0 bridgehead atoms. The van der Waals surface area contributed by atoms with Gasteiger partial charge in [-0.3, -0.25) is 0 Å². The van der Waals surface area contributed by atoms with Crippen LogP contribution < -0.4 is 4.74 Å². The quantitative estimate of drug-likeness (QED) is 0.629. The minimum absolute atomic E-state index is 0.109. The van der Waals surface area contributed by atoms with Crippen LogP contribution in [0.5, 0.6) is 5.75 Å². The van der Waals surface area contributed by atoms with Gasteiger partial charge in [0.2, 0.25) is 6.79 Å². The Bertz CT molecular complexity index is 777. The van der Waals surface area contributed by atoms with E-state index in [-0.39, 0.29) is 17.9 Å². The molecular weight excluding hydrogens is 284 g/mol. The van der Waals surface area contributed by atoms with E-state index in [0.29, 0.717) is 10.9 Å². The van der Waals surface area contributed by atoms with Crippen LogP contribution in [0, 0.1) is 0 Å². The number of hydrogen-bond donors (Lipinski definition) is 1. The molecule has 1 aromatic carbocycles. The summed E-state index contributed by atoms with van der Waals surface area (Å²) in [5.41, 5.74) is 0.685. The molecule has 1 heterocycles. The predicted molar refractivity (Wildman–Crippen MR) is 84.2 cm³/mol. The molecule has 0 spiro atoms. The standard InChI is InChI=1S/C16H22N2O4/c1-4-20-16(19)22-11-21-14-7-5-6-13-15(14)12(10-17-13)8-9-18(2)3/h5-7,10,17H,4,8-9,11H2,1-3H3/i8D2,9D2. The number of likely N-dealkylation sites (N-methyl/N-ethyl adjacent to an activating group) is 1. The Morgan fingerprint density at radius 1 is 1.36 bits per heavy atom. The third-order valence-electron chi connectivity index (χ3n) is 2.74. The molecule has 120 valence electrons. The zero-order valence-corrected chi connectivity index (χ0v) is 12.8. The maximum Gasteiger partial charge on any atom is 0.511 e. The number of ether oxygens (including phenoxy) is 3. The fraction of sp³-hybridized carbons (Fsp3) is 0.438. The van der Waals surface area contributed by atoms with Crippen LogP contribution in [0.1, 0.15) is 18.0 Å². The van der Waals surface area contributed by atoms with E-state index in [0.717, 1.165) is 0 Å². The third-order valence-corrected chi connectivity index (χ3v) is 2.74. The topological polar surface area (TPSA) is 63.8 Å². The van der Waals surface area contributed by atoms with Crippen LogP contribution in [-0.2, 0) is 15.8 Å². The molecule has 1 aromatic heterocycles. The highest BCUT2D eigenvalue weighted by Crippen LogP contribution is 2.29. The average molecular weight is 310 g/mol. The first-order chi connectivity index (χ1) is 12.1. The van der Waals surface area contributed by atoms with Crippen molar-refractivity contribution in [1.82, 2.24) is 9.88 Å². The van der Waals surface area contributed by atoms with Crippen molar-refractivity contribution in [3.8, 4) is 5.75 Å². The molecular formula is C16H22N2O4.